The summed E-state index contributed by atoms with van der Waals surface area (Å²) in [5.41, 5.74) is 5.67. The molecule has 0 saturated carbocycles. The van der Waals surface area contributed by atoms with Crippen LogP contribution in [0.2, 0.25) is 0 Å². The predicted molar refractivity (Wildman–Crippen MR) is 93.9 cm³/mol. The van der Waals surface area contributed by atoms with Crippen LogP contribution < -0.4 is 10.1 Å². The number of hydrogen-bond donors (Lipinski definition) is 1. The second-order valence-electron chi connectivity index (χ2n) is 6.21. The summed E-state index contributed by atoms with van der Waals surface area (Å²) in [5.74, 6) is 0.652. The molecular formula is C20H25NO2. The summed E-state index contributed by atoms with van der Waals surface area (Å²) in [6.45, 7) is 10.1. The fourth-order valence-corrected chi connectivity index (χ4v) is 2.59. The predicted octanol–water partition coefficient (Wildman–Crippen LogP) is 4.18. The van der Waals surface area contributed by atoms with Gasteiger partial charge in [0.2, 0.25) is 0 Å². The van der Waals surface area contributed by atoms with E-state index in [4.69, 9.17) is 4.74 Å². The molecule has 0 aliphatic heterocycles. The Labute approximate surface area is 138 Å². The molecule has 122 valence electrons. The minimum Gasteiger partial charge on any atom is -0.483 e. The molecule has 0 bridgehead atoms. The van der Waals surface area contributed by atoms with Gasteiger partial charge in [0, 0.05) is 0 Å². The first-order valence-corrected chi connectivity index (χ1v) is 7.93. The van der Waals surface area contributed by atoms with E-state index >= 15 is 0 Å². The van der Waals surface area contributed by atoms with Crippen molar-refractivity contribution in [1.29, 1.82) is 0 Å². The monoisotopic (exact) mass is 311 g/mol. The average Bonchev–Trinajstić information content (AvgIpc) is 2.50. The third-order valence-corrected chi connectivity index (χ3v) is 3.98. The summed E-state index contributed by atoms with van der Waals surface area (Å²) in [4.78, 5) is 12.2. The van der Waals surface area contributed by atoms with Gasteiger partial charge < -0.3 is 10.1 Å². The molecule has 2 aromatic carbocycles. The maximum Gasteiger partial charge on any atom is 0.258 e. The lowest BCUT2D eigenvalue weighted by molar-refractivity contribution is -0.123. The fraction of sp³-hybridized carbons (Fsp3) is 0.350. The smallest absolute Gasteiger partial charge is 0.258 e. The van der Waals surface area contributed by atoms with E-state index in [2.05, 4.69) is 37.4 Å². The molecule has 0 aliphatic rings. The highest BCUT2D eigenvalue weighted by Gasteiger charge is 2.13. The quantitative estimate of drug-likeness (QED) is 0.899. The molecule has 1 amide bonds. The first-order valence-electron chi connectivity index (χ1n) is 7.93. The lowest BCUT2D eigenvalue weighted by Gasteiger charge is -2.18. The third-order valence-electron chi connectivity index (χ3n) is 3.98. The molecule has 2 aromatic rings. The Bertz CT molecular complexity index is 707. The molecule has 0 spiro atoms. The van der Waals surface area contributed by atoms with Crippen LogP contribution in [0.1, 0.15) is 40.8 Å². The normalized spacial score (nSPS) is 11.9. The molecule has 2 rings (SSSR count). The summed E-state index contributed by atoms with van der Waals surface area (Å²) in [5, 5.41) is 3.00. The zero-order valence-electron chi connectivity index (χ0n) is 14.6. The maximum atomic E-state index is 12.2. The van der Waals surface area contributed by atoms with Crippen LogP contribution >= 0.6 is 0 Å². The van der Waals surface area contributed by atoms with Crippen LogP contribution in [0.15, 0.2) is 36.4 Å². The van der Waals surface area contributed by atoms with Crippen molar-refractivity contribution >= 4 is 5.91 Å². The summed E-state index contributed by atoms with van der Waals surface area (Å²) in [7, 11) is 0. The van der Waals surface area contributed by atoms with Crippen molar-refractivity contribution in [2.45, 2.75) is 40.7 Å². The Hall–Kier alpha value is -2.29. The molecule has 0 heterocycles. The Morgan fingerprint density at radius 3 is 2.30 bits per heavy atom. The molecule has 0 fully saturated rings. The highest BCUT2D eigenvalue weighted by molar-refractivity contribution is 5.78. The number of hydrogen-bond acceptors (Lipinski definition) is 2. The highest BCUT2D eigenvalue weighted by atomic mass is 16.5. The van der Waals surface area contributed by atoms with Crippen molar-refractivity contribution in [2.24, 2.45) is 0 Å². The summed E-state index contributed by atoms with van der Waals surface area (Å²) in [6, 6.07) is 12.2. The Morgan fingerprint density at radius 1 is 1.00 bits per heavy atom. The van der Waals surface area contributed by atoms with Crippen LogP contribution in [0.5, 0.6) is 5.75 Å². The largest absolute Gasteiger partial charge is 0.483 e. The van der Waals surface area contributed by atoms with E-state index in [0.717, 1.165) is 22.4 Å². The highest BCUT2D eigenvalue weighted by Crippen LogP contribution is 2.20. The minimum absolute atomic E-state index is 0.0273. The van der Waals surface area contributed by atoms with Crippen molar-refractivity contribution in [3.8, 4) is 5.75 Å². The second-order valence-corrected chi connectivity index (χ2v) is 6.21. The van der Waals surface area contributed by atoms with Crippen LogP contribution in [0, 0.1) is 27.7 Å². The van der Waals surface area contributed by atoms with Gasteiger partial charge in [-0.15, -0.1) is 0 Å². The second kappa shape index (κ2) is 7.32. The molecule has 1 N–H and O–H groups in total. The topological polar surface area (TPSA) is 38.3 Å². The molecule has 0 aromatic heterocycles. The van der Waals surface area contributed by atoms with Gasteiger partial charge in [-0.3, -0.25) is 4.79 Å². The van der Waals surface area contributed by atoms with Crippen molar-refractivity contribution in [2.75, 3.05) is 6.61 Å². The standard InChI is InChI=1S/C20H25NO2/c1-13-6-8-15(3)18(10-13)17(5)21-20(22)12-23-19-11-14(2)7-9-16(19)4/h6-11,17H,12H2,1-5H3,(H,21,22)/t17-/m0/s1. The number of ether oxygens (including phenoxy) is 1. The molecule has 3 heteroatoms. The van der Waals surface area contributed by atoms with Crippen molar-refractivity contribution in [3.05, 3.63) is 64.2 Å². The summed E-state index contributed by atoms with van der Waals surface area (Å²) in [6.07, 6.45) is 0. The molecule has 0 radical (unpaired) electrons. The first kappa shape index (κ1) is 17.1. The Balaban J connectivity index is 1.96. The molecule has 0 unspecified atom stereocenters. The average molecular weight is 311 g/mol. The van der Waals surface area contributed by atoms with Crippen molar-refractivity contribution < 1.29 is 9.53 Å². The van der Waals surface area contributed by atoms with E-state index in [0.29, 0.717) is 0 Å². The molecule has 23 heavy (non-hydrogen) atoms. The van der Waals surface area contributed by atoms with Gasteiger partial charge in [-0.2, -0.15) is 0 Å². The van der Waals surface area contributed by atoms with Gasteiger partial charge in [0.15, 0.2) is 6.61 Å². The summed E-state index contributed by atoms with van der Waals surface area (Å²) < 4.78 is 5.66. The van der Waals surface area contributed by atoms with Crippen LogP contribution in [0.25, 0.3) is 0 Å². The first-order chi connectivity index (χ1) is 10.9. The Morgan fingerprint density at radius 2 is 1.61 bits per heavy atom. The van der Waals surface area contributed by atoms with E-state index in [-0.39, 0.29) is 18.6 Å². The lowest BCUT2D eigenvalue weighted by Crippen LogP contribution is -2.31. The maximum absolute atomic E-state index is 12.2. The van der Waals surface area contributed by atoms with Gasteiger partial charge in [-0.05, 0) is 62.9 Å². The lowest BCUT2D eigenvalue weighted by atomic mass is 10.00. The van der Waals surface area contributed by atoms with E-state index in [9.17, 15) is 4.79 Å². The van der Waals surface area contributed by atoms with Crippen LogP contribution in [0.4, 0.5) is 0 Å². The van der Waals surface area contributed by atoms with Gasteiger partial charge in [-0.25, -0.2) is 0 Å². The molecule has 1 atom stereocenters. The molecular weight excluding hydrogens is 286 g/mol. The van der Waals surface area contributed by atoms with Crippen LogP contribution in [-0.2, 0) is 4.79 Å². The van der Waals surface area contributed by atoms with E-state index in [1.54, 1.807) is 0 Å². The van der Waals surface area contributed by atoms with Gasteiger partial charge in [0.1, 0.15) is 5.75 Å². The number of carbonyl (C=O) groups is 1. The van der Waals surface area contributed by atoms with E-state index in [1.165, 1.54) is 11.1 Å². The van der Waals surface area contributed by atoms with Crippen LogP contribution in [0.3, 0.4) is 0 Å². The molecule has 3 nitrogen and oxygen atoms in total. The molecule has 0 saturated heterocycles. The molecule has 0 aliphatic carbocycles. The van der Waals surface area contributed by atoms with Crippen molar-refractivity contribution in [1.82, 2.24) is 5.32 Å². The summed E-state index contributed by atoms with van der Waals surface area (Å²) >= 11 is 0. The minimum atomic E-state index is -0.112. The van der Waals surface area contributed by atoms with Crippen molar-refractivity contribution in [3.63, 3.8) is 0 Å². The van der Waals surface area contributed by atoms with Gasteiger partial charge >= 0.3 is 0 Å². The Kier molecular flexibility index (Phi) is 5.43. The van der Waals surface area contributed by atoms with E-state index in [1.807, 2.05) is 39.0 Å². The number of rotatable bonds is 5. The van der Waals surface area contributed by atoms with Gasteiger partial charge in [0.25, 0.3) is 5.91 Å². The number of amides is 1. The number of nitrogens with one attached hydrogen (secondary N) is 1. The number of carbonyl (C=O) groups excluding carboxylic acids is 1. The zero-order chi connectivity index (χ0) is 17.0. The zero-order valence-corrected chi connectivity index (χ0v) is 14.6. The van der Waals surface area contributed by atoms with Crippen LogP contribution in [-0.4, -0.2) is 12.5 Å². The number of benzene rings is 2. The van der Waals surface area contributed by atoms with Gasteiger partial charge in [-0.1, -0.05) is 35.9 Å². The van der Waals surface area contributed by atoms with E-state index < -0.39 is 0 Å². The van der Waals surface area contributed by atoms with Gasteiger partial charge in [0.05, 0.1) is 6.04 Å². The number of aryl methyl sites for hydroxylation is 4. The fourth-order valence-electron chi connectivity index (χ4n) is 2.59. The third kappa shape index (κ3) is 4.59. The SMILES string of the molecule is Cc1ccc(C)c(OCC(=O)N[C@@H](C)c2cc(C)ccc2C)c1.